The summed E-state index contributed by atoms with van der Waals surface area (Å²) in [7, 11) is 1.91. The molecule has 1 aromatic heterocycles. The molecule has 2 rings (SSSR count). The minimum atomic E-state index is 0.739. The molecule has 0 unspecified atom stereocenters. The Balaban J connectivity index is 2.63. The van der Waals surface area contributed by atoms with Crippen LogP contribution in [-0.2, 0) is 7.05 Å². The Morgan fingerprint density at radius 1 is 1.27 bits per heavy atom. The highest BCUT2D eigenvalue weighted by atomic mass is 35.5. The Morgan fingerprint density at radius 3 is 2.53 bits per heavy atom. The van der Waals surface area contributed by atoms with Crippen molar-refractivity contribution in [2.45, 2.75) is 13.8 Å². The minimum absolute atomic E-state index is 0.739. The highest BCUT2D eigenvalue weighted by molar-refractivity contribution is 6.33. The number of halogens is 1. The number of hydrogen-bond acceptors (Lipinski definition) is 1. The van der Waals surface area contributed by atoms with Gasteiger partial charge >= 0.3 is 0 Å². The molecular weight excluding hydrogens is 208 g/mol. The topological polar surface area (TPSA) is 17.8 Å². The predicted octanol–water partition coefficient (Wildman–Crippen LogP) is 3.36. The molecule has 0 aliphatic carbocycles. The van der Waals surface area contributed by atoms with Crippen LogP contribution in [0, 0.1) is 13.8 Å². The third kappa shape index (κ3) is 1.77. The van der Waals surface area contributed by atoms with E-state index in [2.05, 4.69) is 30.2 Å². The molecule has 0 saturated carbocycles. The summed E-state index contributed by atoms with van der Waals surface area (Å²) < 4.78 is 1.83. The molecule has 15 heavy (non-hydrogen) atoms. The summed E-state index contributed by atoms with van der Waals surface area (Å²) in [6.45, 7) is 3.99. The fourth-order valence-electron chi connectivity index (χ4n) is 1.74. The number of aryl methyl sites for hydroxylation is 3. The van der Waals surface area contributed by atoms with Gasteiger partial charge in [0, 0.05) is 12.6 Å². The maximum Gasteiger partial charge on any atom is 0.0894 e. The molecule has 78 valence electrons. The molecule has 0 aliphatic heterocycles. The lowest BCUT2D eigenvalue weighted by atomic mass is 10.1. The second kappa shape index (κ2) is 3.70. The van der Waals surface area contributed by atoms with E-state index in [9.17, 15) is 0 Å². The van der Waals surface area contributed by atoms with E-state index in [1.165, 1.54) is 5.56 Å². The van der Waals surface area contributed by atoms with Crippen molar-refractivity contribution in [1.29, 1.82) is 0 Å². The summed E-state index contributed by atoms with van der Waals surface area (Å²) in [4.78, 5) is 0. The first-order chi connectivity index (χ1) is 7.09. The second-order valence-corrected chi connectivity index (χ2v) is 4.12. The van der Waals surface area contributed by atoms with E-state index >= 15 is 0 Å². The Bertz CT molecular complexity index is 500. The van der Waals surface area contributed by atoms with Crippen molar-refractivity contribution in [3.63, 3.8) is 0 Å². The van der Waals surface area contributed by atoms with Crippen molar-refractivity contribution in [2.75, 3.05) is 0 Å². The van der Waals surface area contributed by atoms with E-state index in [1.807, 2.05) is 24.7 Å². The van der Waals surface area contributed by atoms with Gasteiger partial charge in [0.15, 0.2) is 0 Å². The SMILES string of the molecule is Cc1cccc(-c2c(Cl)c(C)nn2C)c1. The van der Waals surface area contributed by atoms with Crippen LogP contribution >= 0.6 is 11.6 Å². The predicted molar refractivity (Wildman–Crippen MR) is 63.1 cm³/mol. The molecule has 0 N–H and O–H groups in total. The molecule has 0 spiro atoms. The lowest BCUT2D eigenvalue weighted by Gasteiger charge is -2.03. The van der Waals surface area contributed by atoms with Gasteiger partial charge < -0.3 is 0 Å². The number of benzene rings is 1. The summed E-state index contributed by atoms with van der Waals surface area (Å²) in [5, 5.41) is 5.04. The van der Waals surface area contributed by atoms with E-state index in [4.69, 9.17) is 11.6 Å². The lowest BCUT2D eigenvalue weighted by Crippen LogP contribution is -1.94. The largest absolute Gasteiger partial charge is 0.266 e. The fraction of sp³-hybridized carbons (Fsp3) is 0.250. The standard InChI is InChI=1S/C12H13ClN2/c1-8-5-4-6-10(7-8)12-11(13)9(2)14-15(12)3/h4-7H,1-3H3. The summed E-state index contributed by atoms with van der Waals surface area (Å²) in [6.07, 6.45) is 0. The molecule has 0 fully saturated rings. The average molecular weight is 221 g/mol. The summed E-state index contributed by atoms with van der Waals surface area (Å²) >= 11 is 6.22. The molecule has 1 heterocycles. The third-order valence-corrected chi connectivity index (χ3v) is 2.89. The van der Waals surface area contributed by atoms with Gasteiger partial charge in [0.25, 0.3) is 0 Å². The van der Waals surface area contributed by atoms with Crippen LogP contribution in [0.4, 0.5) is 0 Å². The first-order valence-corrected chi connectivity index (χ1v) is 5.23. The zero-order chi connectivity index (χ0) is 11.0. The Hall–Kier alpha value is -1.28. The molecule has 0 radical (unpaired) electrons. The van der Waals surface area contributed by atoms with E-state index in [0.29, 0.717) is 0 Å². The van der Waals surface area contributed by atoms with Crippen LogP contribution in [0.3, 0.4) is 0 Å². The van der Waals surface area contributed by atoms with Crippen molar-refractivity contribution in [3.8, 4) is 11.3 Å². The van der Waals surface area contributed by atoms with E-state index in [1.54, 1.807) is 0 Å². The molecule has 0 aliphatic rings. The monoisotopic (exact) mass is 220 g/mol. The Kier molecular flexibility index (Phi) is 2.53. The number of rotatable bonds is 1. The number of nitrogens with zero attached hydrogens (tertiary/aromatic N) is 2. The highest BCUT2D eigenvalue weighted by Crippen LogP contribution is 2.30. The molecule has 0 atom stereocenters. The maximum atomic E-state index is 6.22. The molecular formula is C12H13ClN2. The van der Waals surface area contributed by atoms with Crippen molar-refractivity contribution in [3.05, 3.63) is 40.5 Å². The van der Waals surface area contributed by atoms with Crippen molar-refractivity contribution >= 4 is 11.6 Å². The van der Waals surface area contributed by atoms with Crippen molar-refractivity contribution in [2.24, 2.45) is 7.05 Å². The van der Waals surface area contributed by atoms with Gasteiger partial charge in [-0.05, 0) is 19.9 Å². The average Bonchev–Trinajstić information content (AvgIpc) is 2.41. The fourth-order valence-corrected chi connectivity index (χ4v) is 2.01. The Morgan fingerprint density at radius 2 is 2.00 bits per heavy atom. The van der Waals surface area contributed by atoms with Crippen LogP contribution in [0.25, 0.3) is 11.3 Å². The van der Waals surface area contributed by atoms with Gasteiger partial charge in [0.2, 0.25) is 0 Å². The number of hydrogen-bond donors (Lipinski definition) is 0. The molecule has 0 bridgehead atoms. The molecule has 2 nitrogen and oxygen atoms in total. The summed E-state index contributed by atoms with van der Waals surface area (Å²) in [5.74, 6) is 0. The van der Waals surface area contributed by atoms with Gasteiger partial charge in [-0.3, -0.25) is 4.68 Å². The summed E-state index contributed by atoms with van der Waals surface area (Å²) in [5.41, 5.74) is 4.19. The second-order valence-electron chi connectivity index (χ2n) is 3.74. The van der Waals surface area contributed by atoms with Gasteiger partial charge in [-0.15, -0.1) is 0 Å². The quantitative estimate of drug-likeness (QED) is 0.721. The zero-order valence-electron chi connectivity index (χ0n) is 9.08. The Labute approximate surface area is 94.5 Å². The normalized spacial score (nSPS) is 10.7. The van der Waals surface area contributed by atoms with Crippen LogP contribution in [0.15, 0.2) is 24.3 Å². The molecule has 2 aromatic rings. The van der Waals surface area contributed by atoms with Crippen LogP contribution in [-0.4, -0.2) is 9.78 Å². The van der Waals surface area contributed by atoms with E-state index < -0.39 is 0 Å². The van der Waals surface area contributed by atoms with Crippen LogP contribution in [0.5, 0.6) is 0 Å². The van der Waals surface area contributed by atoms with Crippen LogP contribution in [0.1, 0.15) is 11.3 Å². The van der Waals surface area contributed by atoms with Gasteiger partial charge in [0.05, 0.1) is 16.4 Å². The van der Waals surface area contributed by atoms with Gasteiger partial charge in [-0.2, -0.15) is 5.10 Å². The molecule has 1 aromatic carbocycles. The van der Waals surface area contributed by atoms with E-state index in [-0.39, 0.29) is 0 Å². The van der Waals surface area contributed by atoms with Gasteiger partial charge in [0.1, 0.15) is 0 Å². The maximum absolute atomic E-state index is 6.22. The first-order valence-electron chi connectivity index (χ1n) is 4.85. The minimum Gasteiger partial charge on any atom is -0.266 e. The number of aromatic nitrogens is 2. The van der Waals surface area contributed by atoms with Gasteiger partial charge in [-0.1, -0.05) is 35.4 Å². The first kappa shape index (κ1) is 10.2. The van der Waals surface area contributed by atoms with Gasteiger partial charge in [-0.25, -0.2) is 0 Å². The summed E-state index contributed by atoms with van der Waals surface area (Å²) in [6, 6.07) is 8.27. The molecule has 3 heteroatoms. The highest BCUT2D eigenvalue weighted by Gasteiger charge is 2.12. The zero-order valence-corrected chi connectivity index (χ0v) is 9.84. The molecule has 0 amide bonds. The van der Waals surface area contributed by atoms with E-state index in [0.717, 1.165) is 22.0 Å². The smallest absolute Gasteiger partial charge is 0.0894 e. The van der Waals surface area contributed by atoms with Crippen LogP contribution < -0.4 is 0 Å². The molecule has 0 saturated heterocycles. The van der Waals surface area contributed by atoms with Crippen molar-refractivity contribution in [1.82, 2.24) is 9.78 Å². The third-order valence-electron chi connectivity index (χ3n) is 2.44. The van der Waals surface area contributed by atoms with Crippen LogP contribution in [0.2, 0.25) is 5.02 Å². The van der Waals surface area contributed by atoms with Crippen molar-refractivity contribution < 1.29 is 0 Å². The lowest BCUT2D eigenvalue weighted by molar-refractivity contribution is 0.764.